The molecular weight excluding hydrogens is 504 g/mol. The molecule has 0 bridgehead atoms. The molecule has 0 saturated heterocycles. The lowest BCUT2D eigenvalue weighted by molar-refractivity contribution is -0.136. The van der Waals surface area contributed by atoms with Gasteiger partial charge in [-0.05, 0) is 74.7 Å². The number of esters is 1. The van der Waals surface area contributed by atoms with E-state index in [4.69, 9.17) is 18.9 Å². The van der Waals surface area contributed by atoms with E-state index < -0.39 is 24.3 Å². The second-order valence-corrected chi connectivity index (χ2v) is 8.82. The quantitative estimate of drug-likeness (QED) is 0.131. The van der Waals surface area contributed by atoms with Crippen molar-refractivity contribution in [3.05, 3.63) is 64.9 Å². The molecule has 0 aliphatic carbocycles. The van der Waals surface area contributed by atoms with Crippen LogP contribution in [0.4, 0.5) is 4.79 Å². The van der Waals surface area contributed by atoms with Crippen LogP contribution in [0.5, 0.6) is 17.2 Å². The molecule has 0 fully saturated rings. The van der Waals surface area contributed by atoms with Crippen LogP contribution in [0.3, 0.4) is 0 Å². The average Bonchev–Trinajstić information content (AvgIpc) is 2.92. The number of methoxy groups -OCH3 is 1. The van der Waals surface area contributed by atoms with Crippen molar-refractivity contribution in [2.24, 2.45) is 5.10 Å². The minimum absolute atomic E-state index is 0.116. The molecule has 0 saturated carbocycles. The van der Waals surface area contributed by atoms with Gasteiger partial charge in [0.15, 0.2) is 17.7 Å². The fourth-order valence-electron chi connectivity index (χ4n) is 3.77. The zero-order valence-electron chi connectivity index (χ0n) is 22.8. The van der Waals surface area contributed by atoms with Crippen LogP contribution in [0, 0.1) is 0 Å². The van der Waals surface area contributed by atoms with Crippen LogP contribution < -0.4 is 30.3 Å². The monoisotopic (exact) mass is 540 g/mol. The van der Waals surface area contributed by atoms with Gasteiger partial charge in [0, 0.05) is 5.70 Å². The van der Waals surface area contributed by atoms with Crippen LogP contribution in [0.2, 0.25) is 0 Å². The van der Waals surface area contributed by atoms with Gasteiger partial charge in [-0.15, -0.1) is 0 Å². The van der Waals surface area contributed by atoms with Gasteiger partial charge in [0.25, 0.3) is 0 Å². The molecule has 0 aromatic heterocycles. The summed E-state index contributed by atoms with van der Waals surface area (Å²) in [5.41, 5.74) is 4.74. The first kappa shape index (κ1) is 29.3. The summed E-state index contributed by atoms with van der Waals surface area (Å²) in [6.45, 7) is 7.77. The number of ether oxygens (including phenoxy) is 4. The summed E-state index contributed by atoms with van der Waals surface area (Å²) in [6.07, 6.45) is 1.55. The molecule has 2 aromatic rings. The number of aliphatic hydroxyl groups excluding tert-OH is 1. The van der Waals surface area contributed by atoms with Crippen molar-refractivity contribution in [1.29, 1.82) is 0 Å². The Morgan fingerprint density at radius 2 is 1.90 bits per heavy atom. The molecule has 1 heterocycles. The third kappa shape index (κ3) is 8.11. The third-order valence-corrected chi connectivity index (χ3v) is 5.90. The van der Waals surface area contributed by atoms with E-state index in [1.54, 1.807) is 31.3 Å². The molecule has 0 radical (unpaired) electrons. The third-order valence-electron chi connectivity index (χ3n) is 5.90. The van der Waals surface area contributed by atoms with Crippen LogP contribution in [0.15, 0.2) is 58.8 Å². The fourth-order valence-corrected chi connectivity index (χ4v) is 3.77. The van der Waals surface area contributed by atoms with Gasteiger partial charge in [-0.3, -0.25) is 5.43 Å². The number of nitrogens with zero attached hydrogens (tertiary/aromatic N) is 1. The molecule has 3 atom stereocenters. The van der Waals surface area contributed by atoms with E-state index in [1.165, 1.54) is 7.11 Å². The number of carbonyl (C=O) groups is 2. The summed E-state index contributed by atoms with van der Waals surface area (Å²) < 4.78 is 22.2. The summed E-state index contributed by atoms with van der Waals surface area (Å²) >= 11 is 0. The molecule has 11 heteroatoms. The van der Waals surface area contributed by atoms with Crippen molar-refractivity contribution in [3.8, 4) is 17.2 Å². The Morgan fingerprint density at radius 3 is 2.56 bits per heavy atom. The van der Waals surface area contributed by atoms with Gasteiger partial charge < -0.3 is 34.7 Å². The fraction of sp³-hybridized carbons (Fsp3) is 0.393. The topological polar surface area (TPSA) is 140 Å². The molecular formula is C28H36N4O7. The molecule has 1 aliphatic rings. The molecule has 11 nitrogen and oxygen atoms in total. The highest BCUT2D eigenvalue weighted by Crippen LogP contribution is 2.34. The van der Waals surface area contributed by atoms with Gasteiger partial charge in [0.05, 0.1) is 37.7 Å². The molecule has 210 valence electrons. The normalized spacial score (nSPS) is 16.7. The largest absolute Gasteiger partial charge is 0.491 e. The molecule has 4 N–H and O–H groups in total. The Kier molecular flexibility index (Phi) is 10.6. The number of hydrogen-bond donors (Lipinski definition) is 4. The Balaban J connectivity index is 1.63. The zero-order chi connectivity index (χ0) is 28.4. The average molecular weight is 541 g/mol. The van der Waals surface area contributed by atoms with Gasteiger partial charge >= 0.3 is 12.0 Å². The molecule has 39 heavy (non-hydrogen) atoms. The Morgan fingerprint density at radius 1 is 1.15 bits per heavy atom. The second-order valence-electron chi connectivity index (χ2n) is 8.82. The minimum Gasteiger partial charge on any atom is -0.491 e. The highest BCUT2D eigenvalue weighted by molar-refractivity contribution is 5.95. The summed E-state index contributed by atoms with van der Waals surface area (Å²) in [6, 6.07) is 11.3. The maximum atomic E-state index is 12.4. The Bertz CT molecular complexity index is 1200. The van der Waals surface area contributed by atoms with Gasteiger partial charge in [0.1, 0.15) is 12.4 Å². The Labute approximate surface area is 228 Å². The highest BCUT2D eigenvalue weighted by Gasteiger charge is 2.32. The first-order valence-corrected chi connectivity index (χ1v) is 12.7. The van der Waals surface area contributed by atoms with Crippen LogP contribution in [0.1, 0.15) is 51.3 Å². The first-order valence-electron chi connectivity index (χ1n) is 12.7. The van der Waals surface area contributed by atoms with Crippen molar-refractivity contribution in [1.82, 2.24) is 16.1 Å². The molecule has 2 amide bonds. The van der Waals surface area contributed by atoms with Gasteiger partial charge in [-0.25, -0.2) is 9.59 Å². The number of hydrogen-bond acceptors (Lipinski definition) is 9. The summed E-state index contributed by atoms with van der Waals surface area (Å²) in [4.78, 5) is 24.5. The number of benzene rings is 2. The summed E-state index contributed by atoms with van der Waals surface area (Å²) in [5.74, 6) is 0.991. The summed E-state index contributed by atoms with van der Waals surface area (Å²) in [5, 5.41) is 19.7. The molecule has 0 spiro atoms. The summed E-state index contributed by atoms with van der Waals surface area (Å²) in [7, 11) is 1.28. The predicted molar refractivity (Wildman–Crippen MR) is 146 cm³/mol. The highest BCUT2D eigenvalue weighted by atomic mass is 16.5. The number of rotatable bonds is 13. The number of carbonyl (C=O) groups excluding carboxylic acids is 2. The van der Waals surface area contributed by atoms with Crippen LogP contribution in [-0.4, -0.2) is 56.0 Å². The van der Waals surface area contributed by atoms with Crippen molar-refractivity contribution in [3.63, 3.8) is 0 Å². The van der Waals surface area contributed by atoms with E-state index in [2.05, 4.69) is 28.1 Å². The van der Waals surface area contributed by atoms with Gasteiger partial charge in [0.2, 0.25) is 0 Å². The SMILES string of the molecule is CCOc1cc([C@@H]2NC(=O)NC(C)=C2C(=O)OC)ccc1OC[C@@H](O)N/N=C\c1ccc(O[C@H](C)CC)cc1. The number of aliphatic hydroxyl groups is 1. The molecule has 2 aromatic carbocycles. The Hall–Kier alpha value is -4.25. The lowest BCUT2D eigenvalue weighted by Gasteiger charge is -2.28. The smallest absolute Gasteiger partial charge is 0.337 e. The predicted octanol–water partition coefficient (Wildman–Crippen LogP) is 3.38. The van der Waals surface area contributed by atoms with Crippen LogP contribution in [-0.2, 0) is 9.53 Å². The number of hydrazone groups is 1. The minimum atomic E-state index is -1.09. The van der Waals surface area contributed by atoms with Crippen LogP contribution in [0.25, 0.3) is 0 Å². The molecule has 3 rings (SSSR count). The lowest BCUT2D eigenvalue weighted by atomic mass is 9.95. The van der Waals surface area contributed by atoms with E-state index in [0.717, 1.165) is 17.7 Å². The molecule has 0 unspecified atom stereocenters. The number of nitrogens with one attached hydrogen (secondary N) is 3. The first-order chi connectivity index (χ1) is 18.7. The van der Waals surface area contributed by atoms with Crippen molar-refractivity contribution in [2.75, 3.05) is 20.3 Å². The van der Waals surface area contributed by atoms with E-state index in [0.29, 0.717) is 29.4 Å². The maximum absolute atomic E-state index is 12.4. The second kappa shape index (κ2) is 14.1. The maximum Gasteiger partial charge on any atom is 0.337 e. The van der Waals surface area contributed by atoms with Crippen LogP contribution >= 0.6 is 0 Å². The number of allylic oxidation sites excluding steroid dienone is 1. The van der Waals surface area contributed by atoms with E-state index in [-0.39, 0.29) is 18.3 Å². The number of urea groups is 1. The van der Waals surface area contributed by atoms with Crippen molar-refractivity contribution in [2.45, 2.75) is 52.5 Å². The van der Waals surface area contributed by atoms with E-state index in [1.807, 2.05) is 38.1 Å². The zero-order valence-corrected chi connectivity index (χ0v) is 22.8. The lowest BCUT2D eigenvalue weighted by Crippen LogP contribution is -2.45. The van der Waals surface area contributed by atoms with E-state index >= 15 is 0 Å². The van der Waals surface area contributed by atoms with Gasteiger partial charge in [-0.2, -0.15) is 5.10 Å². The number of amides is 2. The van der Waals surface area contributed by atoms with Crippen molar-refractivity contribution < 1.29 is 33.6 Å². The van der Waals surface area contributed by atoms with Crippen molar-refractivity contribution >= 4 is 18.2 Å². The molecule has 1 aliphatic heterocycles. The van der Waals surface area contributed by atoms with Gasteiger partial charge in [-0.1, -0.05) is 13.0 Å². The van der Waals surface area contributed by atoms with E-state index in [9.17, 15) is 14.7 Å². The standard InChI is InChI=1S/C28H36N4O7/c1-6-17(3)39-21-11-8-19(9-12-21)15-29-32-24(33)16-38-22-13-10-20(14-23(22)37-7-2)26-25(27(34)36-5)18(4)30-28(35)31-26/h8-15,17,24,26,32-33H,6-7,16H2,1-5H3,(H2,30,31,35)/b29-15-/t17-,24-,26+/m1/s1.